The molecule has 0 aromatic heterocycles. The number of nitrogens with one attached hydrogen (secondary N) is 1. The highest BCUT2D eigenvalue weighted by Crippen LogP contribution is 2.52. The van der Waals surface area contributed by atoms with Crippen LogP contribution in [-0.4, -0.2) is 93.1 Å². The van der Waals surface area contributed by atoms with Crippen molar-refractivity contribution in [3.8, 4) is 5.75 Å². The van der Waals surface area contributed by atoms with Crippen molar-refractivity contribution < 1.29 is 44.8 Å². The molecular weight excluding hydrogens is 474 g/mol. The standard InChI is InChI=1S/C24H29N3O9/c1-26(2)18-13-8-11-7-12-10(9-27(3)36-4)5-6-14(28)16(12)19(29)15(11)21(31)24(13,35)22(32)17(20(18)30)25-23(33)34/h5-6,11,13,18,25,28-29,32,35H,7-9H2,1-4H3,(H,33,34)/t11-,13-,18-,24-/m0/s1. The van der Waals surface area contributed by atoms with Crippen LogP contribution in [0.4, 0.5) is 4.79 Å². The maximum atomic E-state index is 13.8. The maximum Gasteiger partial charge on any atom is 0.409 e. The number of rotatable bonds is 5. The van der Waals surface area contributed by atoms with Crippen molar-refractivity contribution in [1.29, 1.82) is 0 Å². The predicted octanol–water partition coefficient (Wildman–Crippen LogP) is 0.697. The first-order chi connectivity index (χ1) is 16.8. The highest BCUT2D eigenvalue weighted by Gasteiger charge is 2.63. The average molecular weight is 504 g/mol. The van der Waals surface area contributed by atoms with Gasteiger partial charge in [0, 0.05) is 25.1 Å². The molecular formula is C24H29N3O9. The van der Waals surface area contributed by atoms with E-state index in [4.69, 9.17) is 9.94 Å². The first-order valence-corrected chi connectivity index (χ1v) is 11.3. The van der Waals surface area contributed by atoms with E-state index in [-0.39, 0.29) is 29.7 Å². The largest absolute Gasteiger partial charge is 0.507 e. The van der Waals surface area contributed by atoms with E-state index in [2.05, 4.69) is 0 Å². The maximum absolute atomic E-state index is 13.8. The van der Waals surface area contributed by atoms with Crippen LogP contribution in [0.15, 0.2) is 29.2 Å². The molecule has 3 aliphatic carbocycles. The molecule has 12 heteroatoms. The second kappa shape index (κ2) is 8.89. The van der Waals surface area contributed by atoms with Crippen LogP contribution in [0, 0.1) is 11.8 Å². The van der Waals surface area contributed by atoms with Crippen LogP contribution >= 0.6 is 0 Å². The first kappa shape index (κ1) is 25.6. The summed E-state index contributed by atoms with van der Waals surface area (Å²) in [6.45, 7) is 0.322. The third-order valence-electron chi connectivity index (χ3n) is 7.39. The van der Waals surface area contributed by atoms with Gasteiger partial charge in [-0.15, -0.1) is 0 Å². The number of likely N-dealkylation sites (N-methyl/N-ethyl adjacent to an activating group) is 1. The Morgan fingerprint density at radius 2 is 1.86 bits per heavy atom. The lowest BCUT2D eigenvalue weighted by molar-refractivity contribution is -0.153. The smallest absolute Gasteiger partial charge is 0.409 e. The molecule has 0 saturated heterocycles. The van der Waals surface area contributed by atoms with Crippen LogP contribution < -0.4 is 5.32 Å². The Labute approximate surface area is 206 Å². The van der Waals surface area contributed by atoms with Gasteiger partial charge in [-0.3, -0.25) is 19.8 Å². The number of ketones is 2. The van der Waals surface area contributed by atoms with Crippen LogP contribution in [-0.2, 0) is 27.4 Å². The molecule has 1 saturated carbocycles. The van der Waals surface area contributed by atoms with Gasteiger partial charge in [-0.05, 0) is 50.0 Å². The zero-order valence-corrected chi connectivity index (χ0v) is 20.3. The van der Waals surface area contributed by atoms with Crippen molar-refractivity contribution in [1.82, 2.24) is 15.3 Å². The van der Waals surface area contributed by atoms with Gasteiger partial charge in [-0.1, -0.05) is 6.07 Å². The molecule has 36 heavy (non-hydrogen) atoms. The molecule has 0 heterocycles. The third kappa shape index (κ3) is 3.64. The van der Waals surface area contributed by atoms with Crippen LogP contribution in [0.5, 0.6) is 5.75 Å². The molecule has 0 bridgehead atoms. The molecule has 0 radical (unpaired) electrons. The van der Waals surface area contributed by atoms with Crippen LogP contribution in [0.25, 0.3) is 5.76 Å². The lowest BCUT2D eigenvalue weighted by Gasteiger charge is -2.50. The van der Waals surface area contributed by atoms with Gasteiger partial charge < -0.3 is 30.4 Å². The number of phenols is 1. The van der Waals surface area contributed by atoms with E-state index in [1.165, 1.54) is 18.1 Å². The first-order valence-electron chi connectivity index (χ1n) is 11.3. The number of hydroxylamine groups is 2. The molecule has 12 nitrogen and oxygen atoms in total. The molecule has 194 valence electrons. The van der Waals surface area contributed by atoms with E-state index in [1.54, 1.807) is 37.6 Å². The summed E-state index contributed by atoms with van der Waals surface area (Å²) in [5, 5.41) is 56.8. The van der Waals surface area contributed by atoms with Crippen molar-refractivity contribution in [2.75, 3.05) is 28.3 Å². The number of Topliss-reactive ketones (excluding diaryl/α,β-unsaturated/α-hetero) is 2. The Hall–Kier alpha value is -3.45. The highest BCUT2D eigenvalue weighted by molar-refractivity contribution is 6.14. The SMILES string of the molecule is CON(C)Cc1ccc(O)c2c1C[C@H]1C[C@H]3[C@H](N(C)C)C(=O)C(NC(=O)O)=C(O)[C@@]3(O)C(=O)C1=C2O. The number of nitrogens with zero attached hydrogens (tertiary/aromatic N) is 2. The van der Waals surface area contributed by atoms with Gasteiger partial charge in [0.05, 0.1) is 18.7 Å². The summed E-state index contributed by atoms with van der Waals surface area (Å²) in [5.41, 5.74) is -2.27. The van der Waals surface area contributed by atoms with E-state index in [0.29, 0.717) is 12.1 Å². The summed E-state index contributed by atoms with van der Waals surface area (Å²) in [4.78, 5) is 44.9. The van der Waals surface area contributed by atoms with E-state index in [0.717, 1.165) is 5.56 Å². The normalized spacial score (nSPS) is 27.8. The van der Waals surface area contributed by atoms with Gasteiger partial charge in [0.1, 0.15) is 17.2 Å². The summed E-state index contributed by atoms with van der Waals surface area (Å²) in [7, 11) is 6.30. The van der Waals surface area contributed by atoms with Crippen LogP contribution in [0.1, 0.15) is 23.1 Å². The Balaban J connectivity index is 1.92. The van der Waals surface area contributed by atoms with Crippen LogP contribution in [0.2, 0.25) is 0 Å². The molecule has 1 aromatic rings. The van der Waals surface area contributed by atoms with Crippen molar-refractivity contribution in [2.45, 2.75) is 31.0 Å². The van der Waals surface area contributed by atoms with E-state index >= 15 is 0 Å². The number of carbonyl (C=O) groups is 3. The quantitative estimate of drug-likeness (QED) is 0.311. The Bertz CT molecular complexity index is 1220. The Morgan fingerprint density at radius 3 is 2.44 bits per heavy atom. The van der Waals surface area contributed by atoms with Gasteiger partial charge in [0.25, 0.3) is 0 Å². The van der Waals surface area contributed by atoms with Crippen LogP contribution in [0.3, 0.4) is 0 Å². The molecule has 0 spiro atoms. The topological polar surface area (TPSA) is 180 Å². The molecule has 4 atom stereocenters. The van der Waals surface area contributed by atoms with Crippen molar-refractivity contribution >= 4 is 23.4 Å². The minimum Gasteiger partial charge on any atom is -0.507 e. The highest BCUT2D eigenvalue weighted by atomic mass is 16.7. The van der Waals surface area contributed by atoms with E-state index in [9.17, 15) is 34.8 Å². The van der Waals surface area contributed by atoms with Gasteiger partial charge >= 0.3 is 6.09 Å². The minimum absolute atomic E-state index is 0.0231. The lowest BCUT2D eigenvalue weighted by atomic mass is 9.58. The number of benzene rings is 1. The van der Waals surface area contributed by atoms with Gasteiger partial charge in [0.2, 0.25) is 5.78 Å². The monoisotopic (exact) mass is 503 g/mol. The zero-order chi connectivity index (χ0) is 26.7. The minimum atomic E-state index is -2.67. The molecule has 6 N–H and O–H groups in total. The number of hydrogen-bond donors (Lipinski definition) is 6. The van der Waals surface area contributed by atoms with Crippen molar-refractivity contribution in [3.63, 3.8) is 0 Å². The summed E-state index contributed by atoms with van der Waals surface area (Å²) >= 11 is 0. The average Bonchev–Trinajstić information content (AvgIpc) is 2.80. The number of carbonyl (C=O) groups excluding carboxylic acids is 2. The van der Waals surface area contributed by atoms with E-state index in [1.807, 2.05) is 0 Å². The predicted molar refractivity (Wildman–Crippen MR) is 125 cm³/mol. The number of aromatic hydroxyl groups is 1. The summed E-state index contributed by atoms with van der Waals surface area (Å²) < 4.78 is 0. The fourth-order valence-electron chi connectivity index (χ4n) is 5.75. The van der Waals surface area contributed by atoms with Crippen molar-refractivity contribution in [3.05, 3.63) is 45.9 Å². The van der Waals surface area contributed by atoms with Gasteiger partial charge in [0.15, 0.2) is 17.1 Å². The molecule has 1 fully saturated rings. The Morgan fingerprint density at radius 1 is 1.19 bits per heavy atom. The second-order valence-electron chi connectivity index (χ2n) is 9.59. The molecule has 1 aromatic carbocycles. The second-order valence-corrected chi connectivity index (χ2v) is 9.59. The fraction of sp³-hybridized carbons (Fsp3) is 0.458. The van der Waals surface area contributed by atoms with Crippen molar-refractivity contribution in [2.24, 2.45) is 11.8 Å². The number of hydrogen-bond acceptors (Lipinski definition) is 10. The fourth-order valence-corrected chi connectivity index (χ4v) is 5.75. The number of aliphatic hydroxyl groups excluding tert-OH is 2. The number of fused-ring (bicyclic) bond motifs is 3. The number of phenolic OH excluding ortho intramolecular Hbond substituents is 1. The molecule has 0 aliphatic heterocycles. The lowest BCUT2D eigenvalue weighted by Crippen LogP contribution is -2.66. The third-order valence-corrected chi connectivity index (χ3v) is 7.39. The number of amides is 1. The molecule has 4 rings (SSSR count). The molecule has 1 amide bonds. The molecule has 0 unspecified atom stereocenters. The number of carboxylic acid groups (broad SMARTS) is 1. The van der Waals surface area contributed by atoms with Gasteiger partial charge in [-0.25, -0.2) is 4.79 Å². The zero-order valence-electron chi connectivity index (χ0n) is 20.3. The van der Waals surface area contributed by atoms with Gasteiger partial charge in [-0.2, -0.15) is 5.06 Å². The summed E-state index contributed by atoms with van der Waals surface area (Å²) in [5.74, 6) is -5.50. The summed E-state index contributed by atoms with van der Waals surface area (Å²) in [6.07, 6.45) is -1.42. The summed E-state index contributed by atoms with van der Waals surface area (Å²) in [6, 6.07) is 1.94. The Kier molecular flexibility index (Phi) is 6.33. The number of aliphatic hydroxyl groups is 3. The molecule has 3 aliphatic rings. The van der Waals surface area contributed by atoms with E-state index < -0.39 is 58.4 Å².